The van der Waals surface area contributed by atoms with Crippen LogP contribution >= 0.6 is 0 Å². The summed E-state index contributed by atoms with van der Waals surface area (Å²) in [4.78, 5) is 5.02. The Morgan fingerprint density at radius 3 is 1.81 bits per heavy atom. The topological polar surface area (TPSA) is 50.3 Å². The SMILES string of the molecule is Nc1c(-c2ccccc2)c(CN2CCN(Cc3ccccc3)CC2)nn1-c1ccccc1. The quantitative estimate of drug-likeness (QED) is 0.498. The molecule has 2 heterocycles. The number of hydrogen-bond acceptors (Lipinski definition) is 4. The second-order valence-corrected chi connectivity index (χ2v) is 8.36. The summed E-state index contributed by atoms with van der Waals surface area (Å²) in [6.45, 7) is 5.99. The van der Waals surface area contributed by atoms with E-state index in [4.69, 9.17) is 10.8 Å². The van der Waals surface area contributed by atoms with E-state index >= 15 is 0 Å². The van der Waals surface area contributed by atoms with E-state index in [-0.39, 0.29) is 0 Å². The predicted octanol–water partition coefficient (Wildman–Crippen LogP) is 4.44. The number of hydrogen-bond donors (Lipinski definition) is 1. The number of anilines is 1. The van der Waals surface area contributed by atoms with Gasteiger partial charge in [0.25, 0.3) is 0 Å². The normalized spacial score (nSPS) is 15.1. The summed E-state index contributed by atoms with van der Waals surface area (Å²) < 4.78 is 1.88. The highest BCUT2D eigenvalue weighted by atomic mass is 15.3. The van der Waals surface area contributed by atoms with Gasteiger partial charge in [-0.15, -0.1) is 0 Å². The lowest BCUT2D eigenvalue weighted by molar-refractivity contribution is 0.121. The third-order valence-electron chi connectivity index (χ3n) is 6.14. The van der Waals surface area contributed by atoms with Crippen molar-refractivity contribution >= 4 is 5.82 Å². The van der Waals surface area contributed by atoms with Gasteiger partial charge in [-0.1, -0.05) is 78.9 Å². The number of para-hydroxylation sites is 1. The molecule has 3 aromatic carbocycles. The minimum absolute atomic E-state index is 0.695. The van der Waals surface area contributed by atoms with Gasteiger partial charge in [0.05, 0.1) is 11.4 Å². The molecule has 0 amide bonds. The maximum Gasteiger partial charge on any atom is 0.135 e. The maximum absolute atomic E-state index is 6.66. The molecule has 0 radical (unpaired) electrons. The highest BCUT2D eigenvalue weighted by molar-refractivity contribution is 5.77. The molecule has 5 rings (SSSR count). The number of benzene rings is 3. The van der Waals surface area contributed by atoms with Crippen LogP contribution in [0.3, 0.4) is 0 Å². The average Bonchev–Trinajstić information content (AvgIpc) is 3.17. The van der Waals surface area contributed by atoms with Crippen LogP contribution in [-0.4, -0.2) is 45.8 Å². The number of nitrogen functional groups attached to an aromatic ring is 1. The minimum Gasteiger partial charge on any atom is -0.383 e. The number of nitrogens with two attached hydrogens (primary N) is 1. The second kappa shape index (κ2) is 9.39. The number of nitrogens with zero attached hydrogens (tertiary/aromatic N) is 4. The van der Waals surface area contributed by atoms with Crippen molar-refractivity contribution in [1.82, 2.24) is 19.6 Å². The lowest BCUT2D eigenvalue weighted by Crippen LogP contribution is -2.45. The van der Waals surface area contributed by atoms with Crippen molar-refractivity contribution < 1.29 is 0 Å². The molecular weight excluding hydrogens is 394 g/mol. The Balaban J connectivity index is 1.35. The van der Waals surface area contributed by atoms with Crippen LogP contribution in [0.1, 0.15) is 11.3 Å². The fourth-order valence-electron chi connectivity index (χ4n) is 4.43. The van der Waals surface area contributed by atoms with Gasteiger partial charge >= 0.3 is 0 Å². The third kappa shape index (κ3) is 4.44. The minimum atomic E-state index is 0.695. The lowest BCUT2D eigenvalue weighted by Gasteiger charge is -2.34. The van der Waals surface area contributed by atoms with Crippen LogP contribution < -0.4 is 5.73 Å². The summed E-state index contributed by atoms with van der Waals surface area (Å²) in [6, 6.07) is 31.2. The molecule has 4 aromatic rings. The van der Waals surface area contributed by atoms with Crippen molar-refractivity contribution in [3.8, 4) is 16.8 Å². The molecule has 0 spiro atoms. The standard InChI is InChI=1S/C27H29N5/c28-27-26(23-12-6-2-7-13-23)25(29-32(27)24-14-8-3-9-15-24)21-31-18-16-30(17-19-31)20-22-10-4-1-5-11-22/h1-15H,16-21,28H2. The van der Waals surface area contributed by atoms with Gasteiger partial charge in [-0.3, -0.25) is 9.80 Å². The van der Waals surface area contributed by atoms with E-state index in [1.54, 1.807) is 0 Å². The molecule has 0 saturated carbocycles. The predicted molar refractivity (Wildman–Crippen MR) is 130 cm³/mol. The van der Waals surface area contributed by atoms with Crippen molar-refractivity contribution in [2.45, 2.75) is 13.1 Å². The Bertz CT molecular complexity index is 1130. The summed E-state index contributed by atoms with van der Waals surface area (Å²) >= 11 is 0. The Labute approximate surface area is 189 Å². The van der Waals surface area contributed by atoms with Crippen molar-refractivity contribution in [3.05, 3.63) is 102 Å². The number of piperazine rings is 1. The molecule has 32 heavy (non-hydrogen) atoms. The Morgan fingerprint density at radius 1 is 0.656 bits per heavy atom. The van der Waals surface area contributed by atoms with Crippen molar-refractivity contribution in [3.63, 3.8) is 0 Å². The zero-order chi connectivity index (χ0) is 21.8. The smallest absolute Gasteiger partial charge is 0.135 e. The zero-order valence-corrected chi connectivity index (χ0v) is 18.3. The summed E-state index contributed by atoms with van der Waals surface area (Å²) in [5.41, 5.74) is 12.2. The summed E-state index contributed by atoms with van der Waals surface area (Å²) in [7, 11) is 0. The molecule has 5 nitrogen and oxygen atoms in total. The van der Waals surface area contributed by atoms with Gasteiger partial charge in [-0.05, 0) is 23.3 Å². The van der Waals surface area contributed by atoms with Crippen LogP contribution in [0.25, 0.3) is 16.8 Å². The van der Waals surface area contributed by atoms with Gasteiger partial charge in [0.1, 0.15) is 5.82 Å². The Hall–Kier alpha value is -3.41. The molecule has 0 unspecified atom stereocenters. The van der Waals surface area contributed by atoms with Crippen molar-refractivity contribution in [2.75, 3.05) is 31.9 Å². The van der Waals surface area contributed by atoms with E-state index in [1.165, 1.54) is 5.56 Å². The fraction of sp³-hybridized carbons (Fsp3) is 0.222. The van der Waals surface area contributed by atoms with Gasteiger partial charge in [-0.25, -0.2) is 4.68 Å². The van der Waals surface area contributed by atoms with Crippen molar-refractivity contribution in [1.29, 1.82) is 0 Å². The molecule has 162 valence electrons. The number of aromatic nitrogens is 2. The highest BCUT2D eigenvalue weighted by Gasteiger charge is 2.23. The first-order chi connectivity index (χ1) is 15.8. The van der Waals surface area contributed by atoms with E-state index in [0.717, 1.165) is 61.8 Å². The molecular formula is C27H29N5. The number of rotatable bonds is 6. The van der Waals surface area contributed by atoms with Gasteiger partial charge in [0.15, 0.2) is 0 Å². The van der Waals surface area contributed by atoms with Crippen LogP contribution in [-0.2, 0) is 13.1 Å². The van der Waals surface area contributed by atoms with Crippen molar-refractivity contribution in [2.24, 2.45) is 0 Å². The summed E-state index contributed by atoms with van der Waals surface area (Å²) in [6.07, 6.45) is 0. The fourth-order valence-corrected chi connectivity index (χ4v) is 4.43. The molecule has 1 aliphatic heterocycles. The average molecular weight is 424 g/mol. The van der Waals surface area contributed by atoms with E-state index in [9.17, 15) is 0 Å². The maximum atomic E-state index is 6.66. The first kappa shape index (κ1) is 20.5. The largest absolute Gasteiger partial charge is 0.383 e. The van der Waals surface area contributed by atoms with Gasteiger partial charge in [0, 0.05) is 44.8 Å². The highest BCUT2D eigenvalue weighted by Crippen LogP contribution is 2.32. The monoisotopic (exact) mass is 423 g/mol. The van der Waals surface area contributed by atoms with Crippen LogP contribution in [0, 0.1) is 0 Å². The molecule has 0 aliphatic carbocycles. The van der Waals surface area contributed by atoms with Gasteiger partial charge < -0.3 is 5.73 Å². The second-order valence-electron chi connectivity index (χ2n) is 8.36. The molecule has 1 aliphatic rings. The van der Waals surface area contributed by atoms with E-state index in [1.807, 2.05) is 41.1 Å². The van der Waals surface area contributed by atoms with E-state index in [0.29, 0.717) is 5.82 Å². The molecule has 1 aromatic heterocycles. The van der Waals surface area contributed by atoms with E-state index in [2.05, 4.69) is 64.4 Å². The molecule has 1 saturated heterocycles. The van der Waals surface area contributed by atoms with Crippen LogP contribution in [0.5, 0.6) is 0 Å². The van der Waals surface area contributed by atoms with Gasteiger partial charge in [-0.2, -0.15) is 5.10 Å². The Kier molecular flexibility index (Phi) is 6.01. The first-order valence-corrected chi connectivity index (χ1v) is 11.2. The molecule has 2 N–H and O–H groups in total. The molecule has 5 heteroatoms. The lowest BCUT2D eigenvalue weighted by atomic mass is 10.0. The van der Waals surface area contributed by atoms with Crippen LogP contribution in [0.2, 0.25) is 0 Å². The molecule has 0 bridgehead atoms. The zero-order valence-electron chi connectivity index (χ0n) is 18.3. The summed E-state index contributed by atoms with van der Waals surface area (Å²) in [5.74, 6) is 0.695. The van der Waals surface area contributed by atoms with E-state index < -0.39 is 0 Å². The Morgan fingerprint density at radius 2 is 1.19 bits per heavy atom. The van der Waals surface area contributed by atoms with Crippen LogP contribution in [0.4, 0.5) is 5.82 Å². The molecule has 0 atom stereocenters. The third-order valence-corrected chi connectivity index (χ3v) is 6.14. The first-order valence-electron chi connectivity index (χ1n) is 11.2. The van der Waals surface area contributed by atoms with Gasteiger partial charge in [0.2, 0.25) is 0 Å². The van der Waals surface area contributed by atoms with Crippen LogP contribution in [0.15, 0.2) is 91.0 Å². The molecule has 1 fully saturated rings. The summed E-state index contributed by atoms with van der Waals surface area (Å²) in [5, 5.41) is 4.97.